The van der Waals surface area contributed by atoms with Crippen molar-refractivity contribution >= 4 is 16.9 Å². The summed E-state index contributed by atoms with van der Waals surface area (Å²) in [5, 5.41) is 3.00. The number of unbranched alkanes of at least 4 members (excludes halogenated alkanes) is 1. The van der Waals surface area contributed by atoms with Crippen LogP contribution in [0, 0.1) is 12.8 Å². The lowest BCUT2D eigenvalue weighted by atomic mass is 10.0. The second-order valence-electron chi connectivity index (χ2n) is 8.79. The van der Waals surface area contributed by atoms with Gasteiger partial charge in [0.15, 0.2) is 0 Å². The van der Waals surface area contributed by atoms with Crippen molar-refractivity contribution in [3.8, 4) is 5.75 Å². The average Bonchev–Trinajstić information content (AvgIpc) is 3.09. The maximum Gasteiger partial charge on any atom is 0.222 e. The first kappa shape index (κ1) is 22.9. The van der Waals surface area contributed by atoms with Crippen molar-refractivity contribution in [2.24, 2.45) is 5.92 Å². The molecule has 0 aliphatic rings. The molecule has 31 heavy (non-hydrogen) atoms. The van der Waals surface area contributed by atoms with Crippen LogP contribution >= 0.6 is 0 Å². The molecule has 0 spiro atoms. The number of hydrogen-bond donors (Lipinski definition) is 1. The molecule has 0 aliphatic carbocycles. The predicted molar refractivity (Wildman–Crippen MR) is 126 cm³/mol. The number of fused-ring (bicyclic) bond motifs is 1. The number of hydrogen-bond acceptors (Lipinski definition) is 3. The average molecular weight is 422 g/mol. The summed E-state index contributed by atoms with van der Waals surface area (Å²) >= 11 is 0. The Bertz CT molecular complexity index is 1020. The first-order chi connectivity index (χ1) is 14.9. The Morgan fingerprint density at radius 2 is 1.87 bits per heavy atom. The quantitative estimate of drug-likeness (QED) is 0.434. The fourth-order valence-corrected chi connectivity index (χ4v) is 3.68. The van der Waals surface area contributed by atoms with Gasteiger partial charge in [-0.2, -0.15) is 0 Å². The van der Waals surface area contributed by atoms with Gasteiger partial charge in [-0.15, -0.1) is 0 Å². The molecule has 0 radical (unpaired) electrons. The van der Waals surface area contributed by atoms with Gasteiger partial charge in [0.1, 0.15) is 11.6 Å². The Labute approximate surface area is 185 Å². The molecule has 3 aromatic rings. The van der Waals surface area contributed by atoms with E-state index in [9.17, 15) is 4.79 Å². The van der Waals surface area contributed by atoms with E-state index in [4.69, 9.17) is 9.72 Å². The van der Waals surface area contributed by atoms with Crippen molar-refractivity contribution in [2.45, 2.75) is 66.5 Å². The van der Waals surface area contributed by atoms with Crippen molar-refractivity contribution in [1.82, 2.24) is 14.9 Å². The van der Waals surface area contributed by atoms with Crippen LogP contribution in [0.1, 0.15) is 63.4 Å². The van der Waals surface area contributed by atoms with Crippen LogP contribution in [0.3, 0.4) is 0 Å². The van der Waals surface area contributed by atoms with E-state index < -0.39 is 0 Å². The molecule has 0 unspecified atom stereocenters. The molecule has 5 nitrogen and oxygen atoms in total. The topological polar surface area (TPSA) is 56.1 Å². The van der Waals surface area contributed by atoms with Crippen molar-refractivity contribution in [1.29, 1.82) is 0 Å². The minimum Gasteiger partial charge on any atom is -0.493 e. The molecule has 0 saturated heterocycles. The summed E-state index contributed by atoms with van der Waals surface area (Å²) < 4.78 is 8.36. The van der Waals surface area contributed by atoms with E-state index in [1.54, 1.807) is 0 Å². The highest BCUT2D eigenvalue weighted by Gasteiger charge is 2.13. The van der Waals surface area contributed by atoms with Gasteiger partial charge < -0.3 is 14.6 Å². The van der Waals surface area contributed by atoms with E-state index in [2.05, 4.69) is 54.9 Å². The molecular weight excluding hydrogens is 386 g/mol. The number of benzene rings is 2. The van der Waals surface area contributed by atoms with E-state index in [0.717, 1.165) is 42.0 Å². The molecule has 0 fully saturated rings. The van der Waals surface area contributed by atoms with E-state index in [0.29, 0.717) is 19.1 Å². The zero-order valence-electron chi connectivity index (χ0n) is 19.4. The van der Waals surface area contributed by atoms with Gasteiger partial charge in [-0.05, 0) is 55.0 Å². The van der Waals surface area contributed by atoms with Gasteiger partial charge in [0, 0.05) is 12.5 Å². The molecule has 5 heteroatoms. The van der Waals surface area contributed by atoms with E-state index >= 15 is 0 Å². The third-order valence-corrected chi connectivity index (χ3v) is 5.50. The molecule has 0 atom stereocenters. The smallest absolute Gasteiger partial charge is 0.222 e. The van der Waals surface area contributed by atoms with Crippen LogP contribution in [0.25, 0.3) is 11.0 Å². The number of carbonyl (C=O) groups excluding carboxylic acids is 1. The third kappa shape index (κ3) is 5.87. The molecule has 0 saturated carbocycles. The summed E-state index contributed by atoms with van der Waals surface area (Å²) in [6, 6.07) is 14.6. The standard InChI is InChI=1S/C26H35N3O2/c1-18(2)21-13-12-20(5)16-24(21)31-15-9-8-14-29-23-11-7-6-10-22(23)28-25(29)17-27-26(30)19(3)4/h6-7,10-13,16,18-19H,8-9,14-15,17H2,1-5H3,(H,27,30). The molecule has 1 N–H and O–H groups in total. The number of amides is 1. The van der Waals surface area contributed by atoms with E-state index in [1.165, 1.54) is 11.1 Å². The summed E-state index contributed by atoms with van der Waals surface area (Å²) in [4.78, 5) is 16.8. The summed E-state index contributed by atoms with van der Waals surface area (Å²) in [6.45, 7) is 12.3. The zero-order chi connectivity index (χ0) is 22.4. The summed E-state index contributed by atoms with van der Waals surface area (Å²) in [5.74, 6) is 2.35. The normalized spacial score (nSPS) is 11.5. The highest BCUT2D eigenvalue weighted by atomic mass is 16.5. The number of ether oxygens (including phenoxy) is 1. The van der Waals surface area contributed by atoms with E-state index in [1.807, 2.05) is 32.0 Å². The molecule has 1 amide bonds. The lowest BCUT2D eigenvalue weighted by Crippen LogP contribution is -2.28. The van der Waals surface area contributed by atoms with Gasteiger partial charge >= 0.3 is 0 Å². The van der Waals surface area contributed by atoms with Crippen molar-refractivity contribution in [3.63, 3.8) is 0 Å². The van der Waals surface area contributed by atoms with Crippen LogP contribution in [0.15, 0.2) is 42.5 Å². The number of para-hydroxylation sites is 2. The maximum absolute atomic E-state index is 12.0. The number of aryl methyl sites for hydroxylation is 2. The Kier molecular flexibility index (Phi) is 7.72. The third-order valence-electron chi connectivity index (χ3n) is 5.50. The SMILES string of the molecule is Cc1ccc(C(C)C)c(OCCCCn2c(CNC(=O)C(C)C)nc3ccccc32)c1. The minimum absolute atomic E-state index is 0.0349. The molecule has 1 heterocycles. The van der Waals surface area contributed by atoms with Crippen molar-refractivity contribution < 1.29 is 9.53 Å². The number of carbonyl (C=O) groups is 1. The fraction of sp³-hybridized carbons (Fsp3) is 0.462. The Hall–Kier alpha value is -2.82. The van der Waals surface area contributed by atoms with E-state index in [-0.39, 0.29) is 11.8 Å². The highest BCUT2D eigenvalue weighted by molar-refractivity contribution is 5.78. The van der Waals surface area contributed by atoms with Crippen molar-refractivity contribution in [2.75, 3.05) is 6.61 Å². The number of rotatable bonds is 10. The second kappa shape index (κ2) is 10.5. The Morgan fingerprint density at radius 3 is 2.61 bits per heavy atom. The zero-order valence-corrected chi connectivity index (χ0v) is 19.4. The molecular formula is C26H35N3O2. The summed E-state index contributed by atoms with van der Waals surface area (Å²) in [7, 11) is 0. The minimum atomic E-state index is -0.0349. The summed E-state index contributed by atoms with van der Waals surface area (Å²) in [6.07, 6.45) is 1.93. The van der Waals surface area contributed by atoms with Gasteiger partial charge in [0.25, 0.3) is 0 Å². The first-order valence-electron chi connectivity index (χ1n) is 11.3. The number of nitrogens with zero attached hydrogens (tertiary/aromatic N) is 2. The lowest BCUT2D eigenvalue weighted by molar-refractivity contribution is -0.124. The number of imidazole rings is 1. The van der Waals surface area contributed by atoms with Crippen LogP contribution in [-0.2, 0) is 17.9 Å². The highest BCUT2D eigenvalue weighted by Crippen LogP contribution is 2.27. The van der Waals surface area contributed by atoms with Crippen LogP contribution < -0.4 is 10.1 Å². The Morgan fingerprint density at radius 1 is 1.10 bits per heavy atom. The molecule has 0 bridgehead atoms. The monoisotopic (exact) mass is 421 g/mol. The van der Waals surface area contributed by atoms with Crippen LogP contribution in [-0.4, -0.2) is 22.1 Å². The maximum atomic E-state index is 12.0. The second-order valence-corrected chi connectivity index (χ2v) is 8.79. The lowest BCUT2D eigenvalue weighted by Gasteiger charge is -2.15. The molecule has 2 aromatic carbocycles. The van der Waals surface area contributed by atoms with Gasteiger partial charge in [0.2, 0.25) is 5.91 Å². The molecule has 166 valence electrons. The summed E-state index contributed by atoms with van der Waals surface area (Å²) in [5.41, 5.74) is 4.55. The molecule has 0 aliphatic heterocycles. The number of aromatic nitrogens is 2. The molecule has 3 rings (SSSR count). The Balaban J connectivity index is 1.61. The van der Waals surface area contributed by atoms with Gasteiger partial charge in [0.05, 0.1) is 24.2 Å². The van der Waals surface area contributed by atoms with Crippen molar-refractivity contribution in [3.05, 3.63) is 59.4 Å². The van der Waals surface area contributed by atoms with Crippen LogP contribution in [0.2, 0.25) is 0 Å². The van der Waals surface area contributed by atoms with Crippen LogP contribution in [0.4, 0.5) is 0 Å². The van der Waals surface area contributed by atoms with Crippen LogP contribution in [0.5, 0.6) is 5.75 Å². The molecule has 1 aromatic heterocycles. The van der Waals surface area contributed by atoms with Gasteiger partial charge in [-0.1, -0.05) is 52.0 Å². The largest absolute Gasteiger partial charge is 0.493 e. The fourth-order valence-electron chi connectivity index (χ4n) is 3.68. The predicted octanol–water partition coefficient (Wildman–Crippen LogP) is 5.60. The first-order valence-corrected chi connectivity index (χ1v) is 11.3. The van der Waals surface area contributed by atoms with Gasteiger partial charge in [-0.25, -0.2) is 4.98 Å². The van der Waals surface area contributed by atoms with Gasteiger partial charge in [-0.3, -0.25) is 4.79 Å². The number of nitrogens with one attached hydrogen (secondary N) is 1.